The van der Waals surface area contributed by atoms with Crippen molar-refractivity contribution in [1.82, 2.24) is 0 Å². The van der Waals surface area contributed by atoms with Gasteiger partial charge in [-0.1, -0.05) is 0 Å². The summed E-state index contributed by atoms with van der Waals surface area (Å²) in [6.45, 7) is 5.58. The van der Waals surface area contributed by atoms with Crippen molar-refractivity contribution in [3.63, 3.8) is 0 Å². The van der Waals surface area contributed by atoms with Crippen molar-refractivity contribution in [1.29, 1.82) is 0 Å². The van der Waals surface area contributed by atoms with Gasteiger partial charge in [-0.05, 0) is 13.8 Å². The van der Waals surface area contributed by atoms with Gasteiger partial charge in [-0.25, -0.2) is 0 Å². The molecular weight excluding hydrogens is 252 g/mol. The smallest absolute Gasteiger partial charge is 0.296 e. The highest BCUT2D eigenvalue weighted by atomic mass is 16.6. The van der Waals surface area contributed by atoms with Gasteiger partial charge in [0.25, 0.3) is 5.69 Å². The minimum atomic E-state index is -0.580. The highest BCUT2D eigenvalue weighted by molar-refractivity contribution is 5.92. The fraction of sp³-hybridized carbons (Fsp3) is 0.417. The van der Waals surface area contributed by atoms with E-state index in [-0.39, 0.29) is 17.1 Å². The Bertz CT molecular complexity index is 487. The average Bonchev–Trinajstić information content (AvgIpc) is 2.31. The Balaban J connectivity index is 3.31. The molecule has 1 aromatic rings. The topological polar surface area (TPSA) is 90.7 Å². The number of hydrogen-bond acceptors (Lipinski definition) is 5. The number of ether oxygens (including phenoxy) is 2. The maximum absolute atomic E-state index is 11.1. The first-order valence-electron chi connectivity index (χ1n) is 5.85. The van der Waals surface area contributed by atoms with Crippen LogP contribution >= 0.6 is 0 Å². The summed E-state index contributed by atoms with van der Waals surface area (Å²) in [5.41, 5.74) is -0.147. The SMILES string of the molecule is CCOc1cc(NC(C)=O)c([N+](=O)[O-])cc1OCC. The van der Waals surface area contributed by atoms with Crippen LogP contribution in [0.5, 0.6) is 11.5 Å². The molecule has 0 spiro atoms. The number of amides is 1. The lowest BCUT2D eigenvalue weighted by Crippen LogP contribution is -2.09. The first-order valence-corrected chi connectivity index (χ1v) is 5.85. The lowest BCUT2D eigenvalue weighted by molar-refractivity contribution is -0.384. The van der Waals surface area contributed by atoms with E-state index in [4.69, 9.17) is 9.47 Å². The van der Waals surface area contributed by atoms with Crippen molar-refractivity contribution in [2.45, 2.75) is 20.8 Å². The number of nitrogens with one attached hydrogen (secondary N) is 1. The Kier molecular flexibility index (Phi) is 5.11. The summed E-state index contributed by atoms with van der Waals surface area (Å²) in [5.74, 6) is 0.249. The van der Waals surface area contributed by atoms with Crippen molar-refractivity contribution in [2.24, 2.45) is 0 Å². The van der Waals surface area contributed by atoms with Gasteiger partial charge in [0.15, 0.2) is 11.5 Å². The molecule has 0 unspecified atom stereocenters. The van der Waals surface area contributed by atoms with Crippen LogP contribution in [0.25, 0.3) is 0 Å². The minimum Gasteiger partial charge on any atom is -0.490 e. The summed E-state index contributed by atoms with van der Waals surface area (Å²) >= 11 is 0. The Labute approximate surface area is 110 Å². The molecule has 0 aromatic heterocycles. The van der Waals surface area contributed by atoms with Gasteiger partial charge in [0, 0.05) is 13.0 Å². The van der Waals surface area contributed by atoms with E-state index >= 15 is 0 Å². The van der Waals surface area contributed by atoms with E-state index in [0.29, 0.717) is 19.0 Å². The second kappa shape index (κ2) is 6.58. The molecule has 0 atom stereocenters. The summed E-state index contributed by atoms with van der Waals surface area (Å²) < 4.78 is 10.6. The van der Waals surface area contributed by atoms with Crippen LogP contribution in [-0.4, -0.2) is 24.0 Å². The largest absolute Gasteiger partial charge is 0.490 e. The maximum atomic E-state index is 11.1. The number of anilines is 1. The van der Waals surface area contributed by atoms with Gasteiger partial charge in [0.2, 0.25) is 5.91 Å². The highest BCUT2D eigenvalue weighted by Gasteiger charge is 2.20. The van der Waals surface area contributed by atoms with Gasteiger partial charge < -0.3 is 14.8 Å². The second-order valence-electron chi connectivity index (χ2n) is 3.62. The maximum Gasteiger partial charge on any atom is 0.296 e. The molecule has 7 heteroatoms. The molecule has 0 aliphatic heterocycles. The number of benzene rings is 1. The molecule has 1 N–H and O–H groups in total. The first-order chi connectivity index (χ1) is 8.99. The van der Waals surface area contributed by atoms with Crippen molar-refractivity contribution >= 4 is 17.3 Å². The molecule has 1 amide bonds. The number of nitro benzene ring substituents is 1. The fourth-order valence-corrected chi connectivity index (χ4v) is 1.53. The molecule has 0 heterocycles. The lowest BCUT2D eigenvalue weighted by atomic mass is 10.2. The van der Waals surface area contributed by atoms with E-state index < -0.39 is 10.8 Å². The van der Waals surface area contributed by atoms with E-state index in [1.165, 1.54) is 19.1 Å². The molecule has 0 fully saturated rings. The van der Waals surface area contributed by atoms with Gasteiger partial charge in [-0.3, -0.25) is 14.9 Å². The number of rotatable bonds is 6. The standard InChI is InChI=1S/C12H16N2O5/c1-4-18-11-6-9(13-8(3)15)10(14(16)17)7-12(11)19-5-2/h6-7H,4-5H2,1-3H3,(H,13,15). The van der Waals surface area contributed by atoms with E-state index in [9.17, 15) is 14.9 Å². The second-order valence-corrected chi connectivity index (χ2v) is 3.62. The number of nitro groups is 1. The lowest BCUT2D eigenvalue weighted by Gasteiger charge is -2.13. The van der Waals surface area contributed by atoms with Gasteiger partial charge in [-0.15, -0.1) is 0 Å². The average molecular weight is 268 g/mol. The van der Waals surface area contributed by atoms with Crippen LogP contribution in [0, 0.1) is 10.1 Å². The highest BCUT2D eigenvalue weighted by Crippen LogP contribution is 2.38. The molecule has 1 aromatic carbocycles. The van der Waals surface area contributed by atoms with E-state index in [0.717, 1.165) is 0 Å². The molecule has 0 bridgehead atoms. The molecular formula is C12H16N2O5. The number of nitrogens with zero attached hydrogens (tertiary/aromatic N) is 1. The van der Waals surface area contributed by atoms with Crippen LogP contribution in [0.3, 0.4) is 0 Å². The number of carbonyl (C=O) groups excluding carboxylic acids is 1. The third-order valence-corrected chi connectivity index (χ3v) is 2.17. The van der Waals surface area contributed by atoms with Crippen LogP contribution in [-0.2, 0) is 4.79 Å². The van der Waals surface area contributed by atoms with Crippen LogP contribution in [0.15, 0.2) is 12.1 Å². The van der Waals surface area contributed by atoms with Crippen LogP contribution in [0.2, 0.25) is 0 Å². The Hall–Kier alpha value is -2.31. The van der Waals surface area contributed by atoms with E-state index in [2.05, 4.69) is 5.32 Å². The van der Waals surface area contributed by atoms with Gasteiger partial charge in [-0.2, -0.15) is 0 Å². The van der Waals surface area contributed by atoms with Crippen molar-refractivity contribution < 1.29 is 19.2 Å². The minimum absolute atomic E-state index is 0.0874. The Morgan fingerprint density at radius 1 is 1.26 bits per heavy atom. The Morgan fingerprint density at radius 3 is 2.21 bits per heavy atom. The van der Waals surface area contributed by atoms with Crippen LogP contribution in [0.4, 0.5) is 11.4 Å². The van der Waals surface area contributed by atoms with E-state index in [1.54, 1.807) is 13.8 Å². The molecule has 7 nitrogen and oxygen atoms in total. The molecule has 0 saturated carbocycles. The molecule has 0 aliphatic carbocycles. The Morgan fingerprint density at radius 2 is 1.79 bits per heavy atom. The monoisotopic (exact) mass is 268 g/mol. The van der Waals surface area contributed by atoms with Gasteiger partial charge in [0.1, 0.15) is 5.69 Å². The number of hydrogen-bond donors (Lipinski definition) is 1. The third-order valence-electron chi connectivity index (χ3n) is 2.17. The van der Waals surface area contributed by atoms with Crippen LogP contribution < -0.4 is 14.8 Å². The summed E-state index contributed by atoms with van der Waals surface area (Å²) in [5, 5.41) is 13.4. The molecule has 1 rings (SSSR count). The molecule has 0 saturated heterocycles. The quantitative estimate of drug-likeness (QED) is 0.631. The summed E-state index contributed by atoms with van der Waals surface area (Å²) in [6.07, 6.45) is 0. The molecule has 104 valence electrons. The zero-order valence-electron chi connectivity index (χ0n) is 11.1. The van der Waals surface area contributed by atoms with Crippen molar-refractivity contribution in [3.05, 3.63) is 22.2 Å². The zero-order valence-corrected chi connectivity index (χ0v) is 11.1. The van der Waals surface area contributed by atoms with E-state index in [1.807, 2.05) is 0 Å². The van der Waals surface area contributed by atoms with Crippen molar-refractivity contribution in [2.75, 3.05) is 18.5 Å². The summed E-state index contributed by atoms with van der Waals surface area (Å²) in [4.78, 5) is 21.5. The van der Waals surface area contributed by atoms with Gasteiger partial charge >= 0.3 is 0 Å². The first kappa shape index (κ1) is 14.7. The van der Waals surface area contributed by atoms with Gasteiger partial charge in [0.05, 0.1) is 24.2 Å². The molecule has 19 heavy (non-hydrogen) atoms. The fourth-order valence-electron chi connectivity index (χ4n) is 1.53. The summed E-state index contributed by atoms with van der Waals surface area (Å²) in [7, 11) is 0. The normalized spacial score (nSPS) is 9.84. The van der Waals surface area contributed by atoms with Crippen LogP contribution in [0.1, 0.15) is 20.8 Å². The molecule has 0 aliphatic rings. The molecule has 0 radical (unpaired) electrons. The predicted octanol–water partition coefficient (Wildman–Crippen LogP) is 2.35. The van der Waals surface area contributed by atoms with Crippen molar-refractivity contribution in [3.8, 4) is 11.5 Å². The summed E-state index contributed by atoms with van der Waals surface area (Å²) in [6, 6.07) is 2.65. The number of carbonyl (C=O) groups is 1. The zero-order chi connectivity index (χ0) is 14.4. The predicted molar refractivity (Wildman–Crippen MR) is 69.7 cm³/mol. The third kappa shape index (κ3) is 3.84.